The Morgan fingerprint density at radius 3 is 2.36 bits per heavy atom. The van der Waals surface area contributed by atoms with Crippen molar-refractivity contribution in [2.24, 2.45) is 5.92 Å². The second-order valence-electron chi connectivity index (χ2n) is 11.1. The molecule has 1 atom stereocenters. The molecular weight excluding hydrogens is 532 g/mol. The third kappa shape index (κ3) is 7.85. The quantitative estimate of drug-likeness (QED) is 0.107. The number of amides is 1. The van der Waals surface area contributed by atoms with Crippen LogP contribution in [0, 0.1) is 12.8 Å². The van der Waals surface area contributed by atoms with Crippen LogP contribution in [0.25, 0.3) is 5.76 Å². The first-order valence-electron chi connectivity index (χ1n) is 15.2. The van der Waals surface area contributed by atoms with Crippen LogP contribution < -0.4 is 14.2 Å². The molecule has 1 saturated heterocycles. The summed E-state index contributed by atoms with van der Waals surface area (Å²) in [5.74, 6) is 0.787. The van der Waals surface area contributed by atoms with Crippen molar-refractivity contribution in [3.8, 4) is 17.2 Å². The van der Waals surface area contributed by atoms with Gasteiger partial charge in [0.15, 0.2) is 11.5 Å². The van der Waals surface area contributed by atoms with E-state index in [0.29, 0.717) is 60.6 Å². The van der Waals surface area contributed by atoms with Crippen LogP contribution in [0.2, 0.25) is 0 Å². The lowest BCUT2D eigenvalue weighted by atomic mass is 9.93. The largest absolute Gasteiger partial charge is 0.507 e. The fraction of sp³-hybridized carbons (Fsp3) is 0.529. The van der Waals surface area contributed by atoms with Crippen molar-refractivity contribution < 1.29 is 28.9 Å². The highest BCUT2D eigenvalue weighted by molar-refractivity contribution is 6.46. The molecule has 0 saturated carbocycles. The number of unbranched alkanes of at least 4 members (excludes halogenated alkanes) is 1. The number of methoxy groups -OCH3 is 1. The number of carbonyl (C=O) groups is 2. The van der Waals surface area contributed by atoms with E-state index in [2.05, 4.69) is 39.5 Å². The standard InChI is InChI=1S/C34H48N2O6/c1-8-11-19-41-26-13-14-27(24(6)21-26)32(37)30-31(36(34(39)33(30)38)18-17-35(9-2)10-3)25-12-15-28(29(22-25)40-7)42-20-16-23(4)5/h12-15,21-23,31,37H,8-11,16-20H2,1-7H3. The number of carbonyl (C=O) groups excluding carboxylic acids is 2. The van der Waals surface area contributed by atoms with Gasteiger partial charge in [0.2, 0.25) is 0 Å². The van der Waals surface area contributed by atoms with E-state index in [1.807, 2.05) is 25.1 Å². The molecule has 0 bridgehead atoms. The lowest BCUT2D eigenvalue weighted by Crippen LogP contribution is -2.38. The van der Waals surface area contributed by atoms with Crippen molar-refractivity contribution in [3.05, 3.63) is 58.7 Å². The minimum Gasteiger partial charge on any atom is -0.507 e. The van der Waals surface area contributed by atoms with Crippen molar-refractivity contribution in [2.45, 2.75) is 66.8 Å². The summed E-state index contributed by atoms with van der Waals surface area (Å²) in [7, 11) is 1.57. The maximum Gasteiger partial charge on any atom is 0.295 e. The monoisotopic (exact) mass is 580 g/mol. The van der Waals surface area contributed by atoms with E-state index >= 15 is 0 Å². The zero-order valence-electron chi connectivity index (χ0n) is 26.4. The van der Waals surface area contributed by atoms with Gasteiger partial charge in [-0.2, -0.15) is 0 Å². The van der Waals surface area contributed by atoms with Gasteiger partial charge in [-0.15, -0.1) is 0 Å². The Kier molecular flexibility index (Phi) is 12.3. The third-order valence-corrected chi connectivity index (χ3v) is 7.77. The number of ketones is 1. The Balaban J connectivity index is 2.08. The second kappa shape index (κ2) is 15.6. The summed E-state index contributed by atoms with van der Waals surface area (Å²) in [6.45, 7) is 16.1. The average Bonchev–Trinajstić information content (AvgIpc) is 3.22. The molecule has 230 valence electrons. The molecule has 1 aliphatic rings. The molecule has 0 spiro atoms. The maximum absolute atomic E-state index is 13.6. The van der Waals surface area contributed by atoms with Crippen molar-refractivity contribution >= 4 is 17.4 Å². The van der Waals surface area contributed by atoms with E-state index in [1.54, 1.807) is 30.2 Å². The molecule has 2 aromatic rings. The van der Waals surface area contributed by atoms with Crippen LogP contribution >= 0.6 is 0 Å². The van der Waals surface area contributed by atoms with Crippen molar-refractivity contribution in [1.82, 2.24) is 9.80 Å². The number of Topliss-reactive ketones (excluding diaryl/α,β-unsaturated/α-hetero) is 1. The van der Waals surface area contributed by atoms with Gasteiger partial charge in [0.25, 0.3) is 11.7 Å². The van der Waals surface area contributed by atoms with Crippen molar-refractivity contribution in [3.63, 3.8) is 0 Å². The van der Waals surface area contributed by atoms with Crippen LogP contribution in [0.4, 0.5) is 0 Å². The third-order valence-electron chi connectivity index (χ3n) is 7.77. The molecule has 1 unspecified atom stereocenters. The van der Waals surface area contributed by atoms with E-state index in [4.69, 9.17) is 14.2 Å². The highest BCUT2D eigenvalue weighted by atomic mass is 16.5. The molecule has 1 N–H and O–H groups in total. The van der Waals surface area contributed by atoms with E-state index in [1.165, 1.54) is 0 Å². The molecule has 1 fully saturated rings. The normalized spacial score (nSPS) is 16.5. The average molecular weight is 581 g/mol. The van der Waals surface area contributed by atoms with Gasteiger partial charge >= 0.3 is 0 Å². The number of hydrogen-bond acceptors (Lipinski definition) is 7. The van der Waals surface area contributed by atoms with Crippen LogP contribution in [0.3, 0.4) is 0 Å². The van der Waals surface area contributed by atoms with Crippen LogP contribution in [-0.4, -0.2) is 73.1 Å². The Morgan fingerprint density at radius 2 is 1.74 bits per heavy atom. The Bertz CT molecular complexity index is 1250. The minimum atomic E-state index is -0.779. The van der Waals surface area contributed by atoms with Crippen molar-refractivity contribution in [1.29, 1.82) is 0 Å². The Labute approximate surface area is 251 Å². The summed E-state index contributed by atoms with van der Waals surface area (Å²) < 4.78 is 17.5. The molecule has 2 aromatic carbocycles. The fourth-order valence-corrected chi connectivity index (χ4v) is 5.10. The molecule has 0 aromatic heterocycles. The van der Waals surface area contributed by atoms with Crippen LogP contribution in [0.15, 0.2) is 42.0 Å². The number of rotatable bonds is 16. The van der Waals surface area contributed by atoms with Gasteiger partial charge in [-0.05, 0) is 80.2 Å². The number of aliphatic hydroxyl groups is 1. The van der Waals surface area contributed by atoms with Gasteiger partial charge in [-0.3, -0.25) is 9.59 Å². The second-order valence-corrected chi connectivity index (χ2v) is 11.1. The van der Waals surface area contributed by atoms with Gasteiger partial charge in [-0.1, -0.05) is 47.1 Å². The predicted molar refractivity (Wildman–Crippen MR) is 166 cm³/mol. The van der Waals surface area contributed by atoms with Crippen molar-refractivity contribution in [2.75, 3.05) is 46.5 Å². The SMILES string of the molecule is CCCCOc1ccc(C(O)=C2C(=O)C(=O)N(CCN(CC)CC)C2c2ccc(OCCC(C)C)c(OC)c2)c(C)c1. The summed E-state index contributed by atoms with van der Waals surface area (Å²) in [5, 5.41) is 11.6. The number of aliphatic hydroxyl groups excluding tert-OH is 1. The molecule has 8 nitrogen and oxygen atoms in total. The topological polar surface area (TPSA) is 88.5 Å². The van der Waals surface area contributed by atoms with E-state index < -0.39 is 17.7 Å². The summed E-state index contributed by atoms with van der Waals surface area (Å²) >= 11 is 0. The van der Waals surface area contributed by atoms with Gasteiger partial charge in [0.05, 0.1) is 31.9 Å². The fourth-order valence-electron chi connectivity index (χ4n) is 5.10. The molecule has 3 rings (SSSR count). The van der Waals surface area contributed by atoms with Gasteiger partial charge in [0.1, 0.15) is 11.5 Å². The summed E-state index contributed by atoms with van der Waals surface area (Å²) in [5.41, 5.74) is 1.98. The predicted octanol–water partition coefficient (Wildman–Crippen LogP) is 6.37. The van der Waals surface area contributed by atoms with Crippen LogP contribution in [0.1, 0.15) is 76.6 Å². The Morgan fingerprint density at radius 1 is 1.00 bits per heavy atom. The van der Waals surface area contributed by atoms with E-state index in [-0.39, 0.29) is 11.3 Å². The summed E-state index contributed by atoms with van der Waals surface area (Å²) in [6, 6.07) is 10.1. The lowest BCUT2D eigenvalue weighted by molar-refractivity contribution is -0.140. The first-order chi connectivity index (χ1) is 20.2. The first-order valence-corrected chi connectivity index (χ1v) is 15.2. The zero-order valence-corrected chi connectivity index (χ0v) is 26.4. The smallest absolute Gasteiger partial charge is 0.295 e. The number of benzene rings is 2. The molecular formula is C34H48N2O6. The zero-order chi connectivity index (χ0) is 30.8. The number of hydrogen-bond donors (Lipinski definition) is 1. The van der Waals surface area contributed by atoms with Gasteiger partial charge in [-0.25, -0.2) is 0 Å². The highest BCUT2D eigenvalue weighted by Crippen LogP contribution is 2.42. The molecule has 8 heteroatoms. The van der Waals surface area contributed by atoms with E-state index in [0.717, 1.165) is 37.9 Å². The summed E-state index contributed by atoms with van der Waals surface area (Å²) in [4.78, 5) is 30.8. The molecule has 0 radical (unpaired) electrons. The molecule has 0 aliphatic carbocycles. The maximum atomic E-state index is 13.6. The molecule has 1 heterocycles. The van der Waals surface area contributed by atoms with Crippen LogP contribution in [-0.2, 0) is 9.59 Å². The lowest BCUT2D eigenvalue weighted by Gasteiger charge is -2.28. The number of likely N-dealkylation sites (N-methyl/N-ethyl adjacent to an activating group) is 1. The molecule has 1 aliphatic heterocycles. The van der Waals surface area contributed by atoms with Gasteiger partial charge < -0.3 is 29.1 Å². The minimum absolute atomic E-state index is 0.0674. The number of nitrogens with zero attached hydrogens (tertiary/aromatic N) is 2. The molecule has 42 heavy (non-hydrogen) atoms. The number of aryl methyl sites for hydroxylation is 1. The number of likely N-dealkylation sites (tertiary alicyclic amines) is 1. The number of ether oxygens (including phenoxy) is 3. The summed E-state index contributed by atoms with van der Waals surface area (Å²) in [6.07, 6.45) is 2.88. The first kappa shape index (κ1) is 33.0. The highest BCUT2D eigenvalue weighted by Gasteiger charge is 2.46. The molecule has 1 amide bonds. The Hall–Kier alpha value is -3.52. The van der Waals surface area contributed by atoms with Crippen LogP contribution in [0.5, 0.6) is 17.2 Å². The van der Waals surface area contributed by atoms with E-state index in [9.17, 15) is 14.7 Å². The van der Waals surface area contributed by atoms with Gasteiger partial charge in [0, 0.05) is 18.7 Å².